The van der Waals surface area contributed by atoms with Crippen molar-refractivity contribution in [1.82, 2.24) is 4.90 Å². The van der Waals surface area contributed by atoms with Crippen LogP contribution in [0.25, 0.3) is 0 Å². The monoisotopic (exact) mass is 268 g/mol. The summed E-state index contributed by atoms with van der Waals surface area (Å²) in [6, 6.07) is 7.47. The summed E-state index contributed by atoms with van der Waals surface area (Å²) in [4.78, 5) is 13.7. The molecule has 2 N–H and O–H groups in total. The van der Waals surface area contributed by atoms with Gasteiger partial charge in [0.05, 0.1) is 6.04 Å². The third-order valence-electron chi connectivity index (χ3n) is 3.29. The second-order valence-corrected chi connectivity index (χ2v) is 4.98. The van der Waals surface area contributed by atoms with Gasteiger partial charge in [-0.2, -0.15) is 0 Å². The fourth-order valence-electron chi connectivity index (χ4n) is 1.75. The van der Waals surface area contributed by atoms with Crippen LogP contribution in [0.1, 0.15) is 38.3 Å². The Labute approximate surface area is 114 Å². The molecule has 0 aliphatic carbocycles. The van der Waals surface area contributed by atoms with E-state index in [0.29, 0.717) is 11.4 Å². The van der Waals surface area contributed by atoms with Crippen LogP contribution in [0.3, 0.4) is 0 Å². The van der Waals surface area contributed by atoms with E-state index in [1.165, 1.54) is 0 Å². The van der Waals surface area contributed by atoms with Gasteiger partial charge in [0.1, 0.15) is 0 Å². The zero-order chi connectivity index (χ0) is 13.7. The van der Waals surface area contributed by atoms with Crippen LogP contribution in [-0.2, 0) is 4.79 Å². The molecule has 0 aliphatic heterocycles. The third-order valence-corrected chi connectivity index (χ3v) is 3.64. The summed E-state index contributed by atoms with van der Waals surface area (Å²) < 4.78 is 0. The smallest absolute Gasteiger partial charge is 0.224 e. The average Bonchev–Trinajstić information content (AvgIpc) is 2.37. The highest BCUT2D eigenvalue weighted by molar-refractivity contribution is 6.31. The Hall–Kier alpha value is -1.06. The zero-order valence-corrected chi connectivity index (χ0v) is 11.9. The van der Waals surface area contributed by atoms with Gasteiger partial charge in [0.2, 0.25) is 5.91 Å². The Morgan fingerprint density at radius 3 is 2.61 bits per heavy atom. The number of hydrogen-bond donors (Lipinski definition) is 1. The van der Waals surface area contributed by atoms with Gasteiger partial charge in [0, 0.05) is 24.5 Å². The Morgan fingerprint density at radius 2 is 2.06 bits per heavy atom. The van der Waals surface area contributed by atoms with Crippen LogP contribution in [0.2, 0.25) is 5.02 Å². The van der Waals surface area contributed by atoms with Gasteiger partial charge in [-0.15, -0.1) is 0 Å². The van der Waals surface area contributed by atoms with Crippen LogP contribution in [0.5, 0.6) is 0 Å². The van der Waals surface area contributed by atoms with Crippen LogP contribution in [0.4, 0.5) is 0 Å². The fraction of sp³-hybridized carbons (Fsp3) is 0.500. The quantitative estimate of drug-likeness (QED) is 0.892. The van der Waals surface area contributed by atoms with Crippen molar-refractivity contribution in [1.29, 1.82) is 0 Å². The van der Waals surface area contributed by atoms with Crippen molar-refractivity contribution in [3.8, 4) is 0 Å². The van der Waals surface area contributed by atoms with E-state index >= 15 is 0 Å². The SMILES string of the molecule is CCC(N)CC(=O)N(C)C(C)c1ccccc1Cl. The maximum atomic E-state index is 12.0. The summed E-state index contributed by atoms with van der Waals surface area (Å²) in [6.45, 7) is 3.95. The zero-order valence-electron chi connectivity index (χ0n) is 11.2. The summed E-state index contributed by atoms with van der Waals surface area (Å²) in [5.41, 5.74) is 6.77. The van der Waals surface area contributed by atoms with Gasteiger partial charge in [-0.25, -0.2) is 0 Å². The van der Waals surface area contributed by atoms with E-state index in [9.17, 15) is 4.79 Å². The standard InChI is InChI=1S/C14H21ClN2O/c1-4-11(16)9-14(18)17(3)10(2)12-7-5-6-8-13(12)15/h5-8,10-11H,4,9,16H2,1-3H3. The number of nitrogens with two attached hydrogens (primary N) is 1. The van der Waals surface area contributed by atoms with Crippen LogP contribution in [0, 0.1) is 0 Å². The first-order chi connectivity index (χ1) is 8.47. The number of benzene rings is 1. The minimum Gasteiger partial charge on any atom is -0.339 e. The normalized spacial score (nSPS) is 14.1. The van der Waals surface area contributed by atoms with Crippen molar-refractivity contribution in [2.75, 3.05) is 7.05 Å². The highest BCUT2D eigenvalue weighted by Gasteiger charge is 2.20. The number of carbonyl (C=O) groups excluding carboxylic acids is 1. The first-order valence-electron chi connectivity index (χ1n) is 6.23. The number of rotatable bonds is 5. The van der Waals surface area contributed by atoms with Crippen molar-refractivity contribution in [3.05, 3.63) is 34.9 Å². The molecule has 4 heteroatoms. The van der Waals surface area contributed by atoms with Gasteiger partial charge in [0.25, 0.3) is 0 Å². The van der Waals surface area contributed by atoms with E-state index in [1.54, 1.807) is 11.9 Å². The number of halogens is 1. The maximum absolute atomic E-state index is 12.0. The summed E-state index contributed by atoms with van der Waals surface area (Å²) >= 11 is 6.14. The van der Waals surface area contributed by atoms with E-state index < -0.39 is 0 Å². The molecule has 0 fully saturated rings. The van der Waals surface area contributed by atoms with E-state index in [2.05, 4.69) is 0 Å². The molecule has 0 heterocycles. The molecule has 3 nitrogen and oxygen atoms in total. The number of carbonyl (C=O) groups is 1. The molecule has 0 saturated carbocycles. The molecule has 1 aromatic rings. The van der Waals surface area contributed by atoms with Crippen molar-refractivity contribution in [3.63, 3.8) is 0 Å². The first-order valence-corrected chi connectivity index (χ1v) is 6.60. The molecule has 1 amide bonds. The molecule has 0 spiro atoms. The van der Waals surface area contributed by atoms with Crippen LogP contribution < -0.4 is 5.73 Å². The fourth-order valence-corrected chi connectivity index (χ4v) is 2.04. The molecule has 100 valence electrons. The van der Waals surface area contributed by atoms with Crippen molar-refractivity contribution in [2.24, 2.45) is 5.73 Å². The Balaban J connectivity index is 2.75. The highest BCUT2D eigenvalue weighted by atomic mass is 35.5. The van der Waals surface area contributed by atoms with Crippen LogP contribution in [-0.4, -0.2) is 23.9 Å². The summed E-state index contributed by atoms with van der Waals surface area (Å²) in [5.74, 6) is 0.0526. The molecular weight excluding hydrogens is 248 g/mol. The number of nitrogens with zero attached hydrogens (tertiary/aromatic N) is 1. The molecule has 0 saturated heterocycles. The second kappa shape index (κ2) is 6.76. The lowest BCUT2D eigenvalue weighted by atomic mass is 10.1. The lowest BCUT2D eigenvalue weighted by molar-refractivity contribution is -0.132. The third kappa shape index (κ3) is 3.72. The van der Waals surface area contributed by atoms with E-state index in [1.807, 2.05) is 38.1 Å². The van der Waals surface area contributed by atoms with Crippen molar-refractivity contribution < 1.29 is 4.79 Å². The molecule has 2 unspecified atom stereocenters. The van der Waals surface area contributed by atoms with Gasteiger partial charge in [-0.1, -0.05) is 36.7 Å². The summed E-state index contributed by atoms with van der Waals surface area (Å²) in [6.07, 6.45) is 1.18. The van der Waals surface area contributed by atoms with Gasteiger partial charge >= 0.3 is 0 Å². The van der Waals surface area contributed by atoms with Crippen molar-refractivity contribution in [2.45, 2.75) is 38.8 Å². The Morgan fingerprint density at radius 1 is 1.44 bits per heavy atom. The predicted molar refractivity (Wildman–Crippen MR) is 75.5 cm³/mol. The molecule has 1 rings (SSSR count). The minimum atomic E-state index is -0.0709. The first kappa shape index (κ1) is 15.0. The lowest BCUT2D eigenvalue weighted by Gasteiger charge is -2.27. The lowest BCUT2D eigenvalue weighted by Crippen LogP contribution is -2.34. The van der Waals surface area contributed by atoms with Gasteiger partial charge in [-0.05, 0) is 25.0 Å². The molecule has 0 bridgehead atoms. The van der Waals surface area contributed by atoms with Crippen LogP contribution in [0.15, 0.2) is 24.3 Å². The summed E-state index contributed by atoms with van der Waals surface area (Å²) in [5, 5.41) is 0.685. The van der Waals surface area contributed by atoms with Gasteiger partial charge in [0.15, 0.2) is 0 Å². The molecule has 18 heavy (non-hydrogen) atoms. The van der Waals surface area contributed by atoms with Crippen molar-refractivity contribution >= 4 is 17.5 Å². The average molecular weight is 269 g/mol. The Bertz CT molecular complexity index is 409. The number of amides is 1. The molecule has 2 atom stereocenters. The Kier molecular flexibility index (Phi) is 5.63. The summed E-state index contributed by atoms with van der Waals surface area (Å²) in [7, 11) is 1.79. The largest absolute Gasteiger partial charge is 0.339 e. The maximum Gasteiger partial charge on any atom is 0.224 e. The molecule has 1 aromatic carbocycles. The minimum absolute atomic E-state index is 0.0461. The molecular formula is C14H21ClN2O. The molecule has 0 aromatic heterocycles. The second-order valence-electron chi connectivity index (χ2n) is 4.57. The topological polar surface area (TPSA) is 46.3 Å². The highest BCUT2D eigenvalue weighted by Crippen LogP contribution is 2.26. The van der Waals surface area contributed by atoms with Crippen LogP contribution >= 0.6 is 11.6 Å². The van der Waals surface area contributed by atoms with Gasteiger partial charge in [-0.3, -0.25) is 4.79 Å². The van der Waals surface area contributed by atoms with E-state index in [4.69, 9.17) is 17.3 Å². The van der Waals surface area contributed by atoms with E-state index in [-0.39, 0.29) is 18.0 Å². The van der Waals surface area contributed by atoms with E-state index in [0.717, 1.165) is 12.0 Å². The predicted octanol–water partition coefficient (Wildman–Crippen LogP) is 2.99. The van der Waals surface area contributed by atoms with Gasteiger partial charge < -0.3 is 10.6 Å². The number of hydrogen-bond acceptors (Lipinski definition) is 2. The molecule has 0 radical (unpaired) electrons. The molecule has 0 aliphatic rings.